The molecule has 1 aromatic heterocycles. The smallest absolute Gasteiger partial charge is 0.270 e. The standard InChI is InChI=1S/C22H15BrN4O4S/c23-17-8-6-15(7-9-17)12-20-21(28)26(14-19-5-2-10-31-19)22(32-20)25-24-13-16-3-1-4-18(11-16)27(29)30/h1-13H,14H2/b20-12-,24-13+,25-22-. The van der Waals surface area contributed by atoms with Gasteiger partial charge < -0.3 is 4.42 Å². The van der Waals surface area contributed by atoms with Crippen molar-refractivity contribution >= 4 is 56.7 Å². The Morgan fingerprint density at radius 2 is 1.94 bits per heavy atom. The first-order valence-corrected chi connectivity index (χ1v) is 11.0. The van der Waals surface area contributed by atoms with Crippen LogP contribution in [0.15, 0.2) is 90.9 Å². The van der Waals surface area contributed by atoms with E-state index in [1.54, 1.807) is 36.6 Å². The highest BCUT2D eigenvalue weighted by atomic mass is 79.9. The van der Waals surface area contributed by atoms with Crippen LogP contribution in [-0.2, 0) is 11.3 Å². The van der Waals surface area contributed by atoms with Crippen LogP contribution in [0.4, 0.5) is 5.69 Å². The van der Waals surface area contributed by atoms with Crippen LogP contribution < -0.4 is 0 Å². The number of carbonyl (C=O) groups is 1. The lowest BCUT2D eigenvalue weighted by molar-refractivity contribution is -0.384. The van der Waals surface area contributed by atoms with Crippen LogP contribution in [0.1, 0.15) is 16.9 Å². The minimum atomic E-state index is -0.473. The summed E-state index contributed by atoms with van der Waals surface area (Å²) in [7, 11) is 0. The summed E-state index contributed by atoms with van der Waals surface area (Å²) in [6.07, 6.45) is 4.74. The third-order valence-electron chi connectivity index (χ3n) is 4.38. The Morgan fingerprint density at radius 3 is 2.66 bits per heavy atom. The minimum absolute atomic E-state index is 0.0359. The monoisotopic (exact) mass is 510 g/mol. The summed E-state index contributed by atoms with van der Waals surface area (Å²) in [5.74, 6) is 0.401. The number of rotatable bonds is 6. The van der Waals surface area contributed by atoms with E-state index < -0.39 is 4.92 Å². The molecule has 8 nitrogen and oxygen atoms in total. The van der Waals surface area contributed by atoms with Gasteiger partial charge in [-0.05, 0) is 47.7 Å². The number of nitrogens with zero attached hydrogens (tertiary/aromatic N) is 4. The van der Waals surface area contributed by atoms with Gasteiger partial charge in [-0.15, -0.1) is 5.10 Å². The van der Waals surface area contributed by atoms with Crippen molar-refractivity contribution in [2.24, 2.45) is 10.2 Å². The topological polar surface area (TPSA) is 101 Å². The molecule has 3 aromatic rings. The van der Waals surface area contributed by atoms with E-state index in [1.807, 2.05) is 24.3 Å². The molecule has 0 radical (unpaired) electrons. The van der Waals surface area contributed by atoms with Gasteiger partial charge in [-0.3, -0.25) is 19.8 Å². The molecule has 1 aliphatic rings. The molecule has 160 valence electrons. The number of nitro groups is 1. The molecule has 2 heterocycles. The molecule has 32 heavy (non-hydrogen) atoms. The van der Waals surface area contributed by atoms with Gasteiger partial charge >= 0.3 is 0 Å². The van der Waals surface area contributed by atoms with Gasteiger partial charge in [0.05, 0.1) is 28.9 Å². The van der Waals surface area contributed by atoms with E-state index in [1.165, 1.54) is 35.0 Å². The first-order valence-electron chi connectivity index (χ1n) is 9.34. The lowest BCUT2D eigenvalue weighted by Crippen LogP contribution is -2.28. The largest absolute Gasteiger partial charge is 0.467 e. The average molecular weight is 511 g/mol. The van der Waals surface area contributed by atoms with Crippen molar-refractivity contribution in [2.75, 3.05) is 0 Å². The van der Waals surface area contributed by atoms with E-state index in [2.05, 4.69) is 26.1 Å². The van der Waals surface area contributed by atoms with Crippen molar-refractivity contribution in [1.82, 2.24) is 4.90 Å². The Balaban J connectivity index is 1.61. The minimum Gasteiger partial charge on any atom is -0.467 e. The maximum absolute atomic E-state index is 13.0. The fourth-order valence-electron chi connectivity index (χ4n) is 2.85. The van der Waals surface area contributed by atoms with E-state index in [0.29, 0.717) is 21.4 Å². The molecule has 0 unspecified atom stereocenters. The summed E-state index contributed by atoms with van der Waals surface area (Å²) in [5, 5.41) is 19.6. The first-order chi connectivity index (χ1) is 15.5. The average Bonchev–Trinajstić information content (AvgIpc) is 3.40. The van der Waals surface area contributed by atoms with Crippen LogP contribution in [0.25, 0.3) is 6.08 Å². The molecule has 1 fully saturated rings. The van der Waals surface area contributed by atoms with Gasteiger partial charge in [0.25, 0.3) is 11.6 Å². The predicted molar refractivity (Wildman–Crippen MR) is 127 cm³/mol. The van der Waals surface area contributed by atoms with Gasteiger partial charge in [-0.2, -0.15) is 5.10 Å². The van der Waals surface area contributed by atoms with Crippen LogP contribution in [-0.4, -0.2) is 27.1 Å². The van der Waals surface area contributed by atoms with Crippen LogP contribution in [0, 0.1) is 10.1 Å². The second-order valence-electron chi connectivity index (χ2n) is 6.61. The summed E-state index contributed by atoms with van der Waals surface area (Å²) in [6, 6.07) is 17.2. The lowest BCUT2D eigenvalue weighted by Gasteiger charge is -2.12. The highest BCUT2D eigenvalue weighted by Gasteiger charge is 2.34. The van der Waals surface area contributed by atoms with Crippen LogP contribution in [0.5, 0.6) is 0 Å². The molecule has 1 saturated heterocycles. The van der Waals surface area contributed by atoms with Gasteiger partial charge in [0, 0.05) is 22.2 Å². The predicted octanol–water partition coefficient (Wildman–Crippen LogP) is 5.46. The number of nitro benzene ring substituents is 1. The normalized spacial score (nSPS) is 16.5. The fourth-order valence-corrected chi connectivity index (χ4v) is 4.05. The Morgan fingerprint density at radius 1 is 1.12 bits per heavy atom. The summed E-state index contributed by atoms with van der Waals surface area (Å²) in [5.41, 5.74) is 1.37. The molecule has 0 bridgehead atoms. The van der Waals surface area contributed by atoms with E-state index in [-0.39, 0.29) is 18.1 Å². The second-order valence-corrected chi connectivity index (χ2v) is 8.54. The SMILES string of the molecule is O=C1/C(=C/c2ccc(Br)cc2)S/C(=N\N=C\c2cccc([N+](=O)[O-])c2)N1Cc1ccco1. The number of hydrogen-bond acceptors (Lipinski definition) is 7. The zero-order valence-electron chi connectivity index (χ0n) is 16.4. The Bertz CT molecular complexity index is 1240. The van der Waals surface area contributed by atoms with Gasteiger partial charge in [0.1, 0.15) is 5.76 Å². The zero-order valence-corrected chi connectivity index (χ0v) is 18.8. The van der Waals surface area contributed by atoms with Crippen molar-refractivity contribution in [1.29, 1.82) is 0 Å². The molecule has 0 atom stereocenters. The Hall–Kier alpha value is -3.50. The Labute approximate surface area is 195 Å². The molecule has 0 N–H and O–H groups in total. The number of halogens is 1. The van der Waals surface area contributed by atoms with Crippen molar-refractivity contribution in [3.05, 3.63) is 103 Å². The summed E-state index contributed by atoms with van der Waals surface area (Å²) < 4.78 is 6.33. The molecule has 0 spiro atoms. The maximum Gasteiger partial charge on any atom is 0.270 e. The summed E-state index contributed by atoms with van der Waals surface area (Å²) >= 11 is 4.60. The highest BCUT2D eigenvalue weighted by Crippen LogP contribution is 2.34. The highest BCUT2D eigenvalue weighted by molar-refractivity contribution is 9.10. The van der Waals surface area contributed by atoms with E-state index in [4.69, 9.17) is 4.42 Å². The number of non-ortho nitro benzene ring substituents is 1. The quantitative estimate of drug-likeness (QED) is 0.189. The van der Waals surface area contributed by atoms with Gasteiger partial charge in [0.15, 0.2) is 5.17 Å². The van der Waals surface area contributed by atoms with Gasteiger partial charge in [-0.25, -0.2) is 0 Å². The van der Waals surface area contributed by atoms with Crippen molar-refractivity contribution in [3.63, 3.8) is 0 Å². The third kappa shape index (κ3) is 5.21. The van der Waals surface area contributed by atoms with Gasteiger partial charge in [-0.1, -0.05) is 40.2 Å². The number of furan rings is 1. The molecule has 0 aliphatic carbocycles. The number of benzene rings is 2. The molecule has 0 saturated carbocycles. The molecule has 1 amide bonds. The maximum atomic E-state index is 13.0. The molecule has 4 rings (SSSR count). The van der Waals surface area contributed by atoms with Crippen molar-refractivity contribution in [3.8, 4) is 0 Å². The third-order valence-corrected chi connectivity index (χ3v) is 5.91. The lowest BCUT2D eigenvalue weighted by atomic mass is 10.2. The summed E-state index contributed by atoms with van der Waals surface area (Å²) in [6.45, 7) is 0.210. The van der Waals surface area contributed by atoms with Crippen LogP contribution in [0.3, 0.4) is 0 Å². The molecule has 10 heteroatoms. The fraction of sp³-hybridized carbons (Fsp3) is 0.0455. The van der Waals surface area contributed by atoms with Crippen molar-refractivity contribution in [2.45, 2.75) is 6.54 Å². The molecule has 2 aromatic carbocycles. The van der Waals surface area contributed by atoms with Crippen molar-refractivity contribution < 1.29 is 14.1 Å². The van der Waals surface area contributed by atoms with E-state index in [0.717, 1.165) is 10.0 Å². The summed E-state index contributed by atoms with van der Waals surface area (Å²) in [4.78, 5) is 25.5. The number of hydrogen-bond donors (Lipinski definition) is 0. The Kier molecular flexibility index (Phi) is 6.62. The van der Waals surface area contributed by atoms with E-state index in [9.17, 15) is 14.9 Å². The first kappa shape index (κ1) is 21.7. The number of thioether (sulfide) groups is 1. The van der Waals surface area contributed by atoms with Crippen LogP contribution >= 0.6 is 27.7 Å². The number of amides is 1. The second kappa shape index (κ2) is 9.75. The molecule has 1 aliphatic heterocycles. The molecular weight excluding hydrogens is 496 g/mol. The zero-order chi connectivity index (χ0) is 22.5. The van der Waals surface area contributed by atoms with Crippen LogP contribution in [0.2, 0.25) is 0 Å². The molecular formula is C22H15BrN4O4S. The number of amidine groups is 1. The number of carbonyl (C=O) groups excluding carboxylic acids is 1. The van der Waals surface area contributed by atoms with Gasteiger partial charge in [0.2, 0.25) is 0 Å². The van der Waals surface area contributed by atoms with E-state index >= 15 is 0 Å².